The van der Waals surface area contributed by atoms with Crippen molar-refractivity contribution >= 4 is 27.3 Å². The zero-order valence-corrected chi connectivity index (χ0v) is 17.9. The molecule has 29 heavy (non-hydrogen) atoms. The van der Waals surface area contributed by atoms with E-state index < -0.39 is 0 Å². The molecule has 0 saturated carbocycles. The molecule has 0 radical (unpaired) electrons. The maximum Gasteiger partial charge on any atom is 0.270 e. The molecule has 6 heteroatoms. The van der Waals surface area contributed by atoms with Crippen molar-refractivity contribution in [2.75, 3.05) is 0 Å². The molecule has 0 unspecified atom stereocenters. The molecule has 5 rings (SSSR count). The molecular formula is C23H16BrN3OS. The van der Waals surface area contributed by atoms with Crippen molar-refractivity contribution in [3.63, 3.8) is 0 Å². The Morgan fingerprint density at radius 2 is 1.76 bits per heavy atom. The third-order valence-electron chi connectivity index (χ3n) is 4.68. The first-order chi connectivity index (χ1) is 14.2. The molecule has 0 fully saturated rings. The van der Waals surface area contributed by atoms with E-state index in [1.807, 2.05) is 48.8 Å². The third-order valence-corrected chi connectivity index (χ3v) is 6.17. The molecule has 3 aromatic heterocycles. The average molecular weight is 462 g/mol. The molecular weight excluding hydrogens is 446 g/mol. The van der Waals surface area contributed by atoms with Crippen LogP contribution in [0.5, 0.6) is 0 Å². The van der Waals surface area contributed by atoms with E-state index >= 15 is 0 Å². The number of halogens is 1. The van der Waals surface area contributed by atoms with Crippen LogP contribution in [0.3, 0.4) is 0 Å². The van der Waals surface area contributed by atoms with Crippen molar-refractivity contribution in [3.8, 4) is 39.0 Å². The fraction of sp³-hybridized carbons (Fsp3) is 0.0435. The molecule has 0 spiro atoms. The van der Waals surface area contributed by atoms with Gasteiger partial charge in [0.2, 0.25) is 5.82 Å². The van der Waals surface area contributed by atoms with E-state index in [1.54, 1.807) is 11.3 Å². The number of hydrogen-bond donors (Lipinski definition) is 0. The van der Waals surface area contributed by atoms with Crippen LogP contribution in [-0.4, -0.2) is 14.7 Å². The average Bonchev–Trinajstić information content (AvgIpc) is 3.47. The van der Waals surface area contributed by atoms with Crippen LogP contribution in [0.2, 0.25) is 0 Å². The molecule has 0 saturated heterocycles. The van der Waals surface area contributed by atoms with Crippen molar-refractivity contribution in [2.24, 2.45) is 0 Å². The van der Waals surface area contributed by atoms with Crippen molar-refractivity contribution in [1.29, 1.82) is 0 Å². The Labute approximate surface area is 180 Å². The highest BCUT2D eigenvalue weighted by molar-refractivity contribution is 9.10. The second-order valence-electron chi connectivity index (χ2n) is 6.72. The molecule has 3 heterocycles. The Morgan fingerprint density at radius 1 is 0.966 bits per heavy atom. The Kier molecular flexibility index (Phi) is 4.66. The summed E-state index contributed by atoms with van der Waals surface area (Å²) in [5, 5.41) is 6.36. The van der Waals surface area contributed by atoms with Crippen molar-refractivity contribution in [1.82, 2.24) is 14.7 Å². The van der Waals surface area contributed by atoms with Gasteiger partial charge < -0.3 is 9.09 Å². The van der Waals surface area contributed by atoms with Crippen LogP contribution in [-0.2, 0) is 0 Å². The first-order valence-corrected chi connectivity index (χ1v) is 10.8. The van der Waals surface area contributed by atoms with Crippen molar-refractivity contribution < 1.29 is 4.52 Å². The second-order valence-corrected chi connectivity index (χ2v) is 8.51. The number of thiophene rings is 1. The quantitative estimate of drug-likeness (QED) is 0.289. The number of rotatable bonds is 4. The monoisotopic (exact) mass is 461 g/mol. The smallest absolute Gasteiger partial charge is 0.270 e. The van der Waals surface area contributed by atoms with Gasteiger partial charge in [0.15, 0.2) is 0 Å². The number of aromatic nitrogens is 3. The fourth-order valence-electron chi connectivity index (χ4n) is 3.29. The van der Waals surface area contributed by atoms with Crippen LogP contribution in [0, 0.1) is 6.92 Å². The Balaban J connectivity index is 1.64. The SMILES string of the molecule is Cc1cccc(-c2csc(-c3nc(-c4ccc(Br)cc4)no3)c2-n2cccc2)c1. The van der Waals surface area contributed by atoms with E-state index in [4.69, 9.17) is 4.52 Å². The summed E-state index contributed by atoms with van der Waals surface area (Å²) in [5.41, 5.74) is 5.51. The molecule has 5 aromatic rings. The molecule has 0 aliphatic heterocycles. The minimum absolute atomic E-state index is 0.524. The summed E-state index contributed by atoms with van der Waals surface area (Å²) in [6, 6.07) is 20.4. The highest BCUT2D eigenvalue weighted by atomic mass is 79.9. The van der Waals surface area contributed by atoms with Crippen LogP contribution >= 0.6 is 27.3 Å². The summed E-state index contributed by atoms with van der Waals surface area (Å²) in [5.74, 6) is 1.10. The summed E-state index contributed by atoms with van der Waals surface area (Å²) in [6.45, 7) is 2.11. The molecule has 4 nitrogen and oxygen atoms in total. The first-order valence-electron chi connectivity index (χ1n) is 9.11. The molecule has 0 atom stereocenters. The standard InChI is InChI=1S/C23H16BrN3OS/c1-15-5-4-6-17(13-15)19-14-29-21(20(19)27-11-2-3-12-27)23-25-22(26-28-23)16-7-9-18(24)10-8-16/h2-14H,1H3. The van der Waals surface area contributed by atoms with Crippen LogP contribution in [0.25, 0.3) is 39.0 Å². The van der Waals surface area contributed by atoms with Gasteiger partial charge in [0.1, 0.15) is 4.88 Å². The largest absolute Gasteiger partial charge is 0.333 e. The third kappa shape index (κ3) is 3.45. The lowest BCUT2D eigenvalue weighted by atomic mass is 10.0. The predicted octanol–water partition coefficient (Wildman–Crippen LogP) is 6.99. The van der Waals surface area contributed by atoms with E-state index in [9.17, 15) is 0 Å². The Hall–Kier alpha value is -2.96. The molecule has 142 valence electrons. The summed E-state index contributed by atoms with van der Waals surface area (Å²) in [4.78, 5) is 5.63. The van der Waals surface area contributed by atoms with Crippen molar-refractivity contribution in [3.05, 3.63) is 88.5 Å². The minimum atomic E-state index is 0.524. The van der Waals surface area contributed by atoms with Gasteiger partial charge >= 0.3 is 0 Å². The number of benzene rings is 2. The van der Waals surface area contributed by atoms with Gasteiger partial charge in [-0.05, 0) is 48.9 Å². The van der Waals surface area contributed by atoms with Gasteiger partial charge in [0, 0.05) is 33.4 Å². The highest BCUT2D eigenvalue weighted by Crippen LogP contribution is 2.41. The first kappa shape index (κ1) is 18.1. The highest BCUT2D eigenvalue weighted by Gasteiger charge is 2.21. The van der Waals surface area contributed by atoms with Crippen LogP contribution in [0.15, 0.2) is 87.4 Å². The lowest BCUT2D eigenvalue weighted by Crippen LogP contribution is -1.93. The minimum Gasteiger partial charge on any atom is -0.333 e. The van der Waals surface area contributed by atoms with E-state index in [2.05, 4.69) is 67.2 Å². The second kappa shape index (κ2) is 7.46. The van der Waals surface area contributed by atoms with Gasteiger partial charge in [-0.2, -0.15) is 4.98 Å². The fourth-order valence-corrected chi connectivity index (χ4v) is 4.55. The lowest BCUT2D eigenvalue weighted by molar-refractivity contribution is 0.433. The normalized spacial score (nSPS) is 11.1. The topological polar surface area (TPSA) is 43.9 Å². The maximum absolute atomic E-state index is 5.67. The van der Waals surface area contributed by atoms with E-state index in [1.165, 1.54) is 11.1 Å². The van der Waals surface area contributed by atoms with Crippen LogP contribution in [0.4, 0.5) is 0 Å². The Bertz CT molecular complexity index is 1270. The number of nitrogens with zero attached hydrogens (tertiary/aromatic N) is 3. The van der Waals surface area contributed by atoms with Crippen LogP contribution < -0.4 is 0 Å². The summed E-state index contributed by atoms with van der Waals surface area (Å²) in [6.07, 6.45) is 4.08. The van der Waals surface area contributed by atoms with Crippen LogP contribution in [0.1, 0.15) is 5.56 Å². The maximum atomic E-state index is 5.67. The lowest BCUT2D eigenvalue weighted by Gasteiger charge is -2.08. The van der Waals surface area contributed by atoms with E-state index in [0.717, 1.165) is 26.2 Å². The van der Waals surface area contributed by atoms with Gasteiger partial charge in [-0.3, -0.25) is 0 Å². The Morgan fingerprint density at radius 3 is 2.52 bits per heavy atom. The van der Waals surface area contributed by atoms with Gasteiger partial charge in [-0.1, -0.05) is 50.9 Å². The number of aryl methyl sites for hydroxylation is 1. The van der Waals surface area contributed by atoms with E-state index in [0.29, 0.717) is 11.7 Å². The molecule has 0 aliphatic carbocycles. The summed E-state index contributed by atoms with van der Waals surface area (Å²) >= 11 is 5.07. The van der Waals surface area contributed by atoms with Gasteiger partial charge in [-0.15, -0.1) is 11.3 Å². The number of hydrogen-bond acceptors (Lipinski definition) is 4. The molecule has 2 aromatic carbocycles. The van der Waals surface area contributed by atoms with Gasteiger partial charge in [0.25, 0.3) is 5.89 Å². The molecule has 0 aliphatic rings. The zero-order chi connectivity index (χ0) is 19.8. The molecule has 0 amide bonds. The molecule has 0 bridgehead atoms. The van der Waals surface area contributed by atoms with Gasteiger partial charge in [0.05, 0.1) is 5.69 Å². The van der Waals surface area contributed by atoms with Gasteiger partial charge in [-0.25, -0.2) is 0 Å². The predicted molar refractivity (Wildman–Crippen MR) is 120 cm³/mol. The summed E-state index contributed by atoms with van der Waals surface area (Å²) in [7, 11) is 0. The van der Waals surface area contributed by atoms with Crippen molar-refractivity contribution in [2.45, 2.75) is 6.92 Å². The zero-order valence-electron chi connectivity index (χ0n) is 15.5. The summed E-state index contributed by atoms with van der Waals surface area (Å²) < 4.78 is 8.79. The molecule has 0 N–H and O–H groups in total. The van der Waals surface area contributed by atoms with E-state index in [-0.39, 0.29) is 0 Å².